The zero-order chi connectivity index (χ0) is 11.8. The first-order valence-electron chi connectivity index (χ1n) is 6.98. The Hall–Kier alpha value is -0.590. The third-order valence-corrected chi connectivity index (χ3v) is 5.10. The molecule has 1 atom stereocenters. The normalized spacial score (nSPS) is 44.6. The molecule has 4 aliphatic rings. The van der Waals surface area contributed by atoms with Gasteiger partial charge < -0.3 is 10.1 Å². The number of hydrogen-bond acceptors (Lipinski definition) is 3. The van der Waals surface area contributed by atoms with Crippen molar-refractivity contribution in [3.8, 4) is 6.07 Å². The lowest BCUT2D eigenvalue weighted by molar-refractivity contribution is -0.127. The summed E-state index contributed by atoms with van der Waals surface area (Å²) < 4.78 is 6.08. The van der Waals surface area contributed by atoms with E-state index in [1.807, 2.05) is 7.05 Å². The zero-order valence-corrected chi connectivity index (χ0v) is 10.6. The first-order chi connectivity index (χ1) is 8.30. The molecule has 1 N–H and O–H groups in total. The average molecular weight is 234 g/mol. The molecule has 0 aliphatic heterocycles. The predicted octanol–water partition coefficient (Wildman–Crippen LogP) is 1.94. The smallest absolute Gasteiger partial charge is 0.119 e. The maximum absolute atomic E-state index is 8.92. The van der Waals surface area contributed by atoms with E-state index in [2.05, 4.69) is 11.4 Å². The zero-order valence-electron chi connectivity index (χ0n) is 10.6. The van der Waals surface area contributed by atoms with Crippen LogP contribution in [0.2, 0.25) is 0 Å². The Bertz CT molecular complexity index is 295. The molecule has 0 spiro atoms. The SMILES string of the molecule is CNC(C#N)COC1C2CC3CC(C2)CC1C3. The van der Waals surface area contributed by atoms with Crippen LogP contribution in [0.15, 0.2) is 0 Å². The molecule has 4 aliphatic carbocycles. The molecular formula is C14H22N2O. The Morgan fingerprint density at radius 2 is 1.76 bits per heavy atom. The van der Waals surface area contributed by atoms with Gasteiger partial charge in [-0.2, -0.15) is 5.26 Å². The molecule has 0 radical (unpaired) electrons. The predicted molar refractivity (Wildman–Crippen MR) is 65.2 cm³/mol. The van der Waals surface area contributed by atoms with Crippen molar-refractivity contribution >= 4 is 0 Å². The van der Waals surface area contributed by atoms with Crippen LogP contribution in [0.5, 0.6) is 0 Å². The van der Waals surface area contributed by atoms with Crippen molar-refractivity contribution in [1.82, 2.24) is 5.32 Å². The minimum atomic E-state index is -0.146. The second kappa shape index (κ2) is 4.59. The van der Waals surface area contributed by atoms with Crippen LogP contribution in [0.1, 0.15) is 32.1 Å². The van der Waals surface area contributed by atoms with E-state index in [1.165, 1.54) is 32.1 Å². The molecule has 0 saturated heterocycles. The highest BCUT2D eigenvalue weighted by atomic mass is 16.5. The molecule has 17 heavy (non-hydrogen) atoms. The van der Waals surface area contributed by atoms with Gasteiger partial charge in [0.25, 0.3) is 0 Å². The maximum Gasteiger partial charge on any atom is 0.119 e. The Kier molecular flexibility index (Phi) is 3.10. The van der Waals surface area contributed by atoms with E-state index >= 15 is 0 Å². The summed E-state index contributed by atoms with van der Waals surface area (Å²) in [6.45, 7) is 0.556. The molecule has 0 aromatic carbocycles. The summed E-state index contributed by atoms with van der Waals surface area (Å²) in [5.74, 6) is 3.58. The highest BCUT2D eigenvalue weighted by Gasteiger charge is 2.48. The lowest BCUT2D eigenvalue weighted by Gasteiger charge is -2.54. The van der Waals surface area contributed by atoms with Gasteiger partial charge in [0.2, 0.25) is 0 Å². The number of nitriles is 1. The second-order valence-electron chi connectivity index (χ2n) is 6.20. The summed E-state index contributed by atoms with van der Waals surface area (Å²) in [7, 11) is 1.83. The molecule has 4 fully saturated rings. The summed E-state index contributed by atoms with van der Waals surface area (Å²) in [6.07, 6.45) is 7.47. The Morgan fingerprint density at radius 3 is 2.24 bits per heavy atom. The fourth-order valence-corrected chi connectivity index (χ4v) is 4.54. The molecule has 94 valence electrons. The topological polar surface area (TPSA) is 45.0 Å². The molecule has 0 aromatic rings. The Balaban J connectivity index is 1.59. The number of hydrogen-bond donors (Lipinski definition) is 1. The van der Waals surface area contributed by atoms with Crippen LogP contribution in [0.25, 0.3) is 0 Å². The second-order valence-corrected chi connectivity index (χ2v) is 6.20. The van der Waals surface area contributed by atoms with Crippen molar-refractivity contribution in [1.29, 1.82) is 5.26 Å². The summed E-state index contributed by atoms with van der Waals surface area (Å²) in [5, 5.41) is 11.9. The molecular weight excluding hydrogens is 212 g/mol. The molecule has 3 heteroatoms. The van der Waals surface area contributed by atoms with Gasteiger partial charge in [0.05, 0.1) is 18.8 Å². The van der Waals surface area contributed by atoms with Crippen LogP contribution < -0.4 is 5.32 Å². The van der Waals surface area contributed by atoms with Crippen LogP contribution in [0.3, 0.4) is 0 Å². The maximum atomic E-state index is 8.92. The highest BCUT2D eigenvalue weighted by molar-refractivity contribution is 4.99. The monoisotopic (exact) mass is 234 g/mol. The third-order valence-electron chi connectivity index (χ3n) is 5.10. The van der Waals surface area contributed by atoms with E-state index in [1.54, 1.807) is 0 Å². The Labute approximate surface area is 104 Å². The lowest BCUT2D eigenvalue weighted by Crippen LogP contribution is -2.50. The summed E-state index contributed by atoms with van der Waals surface area (Å²) in [4.78, 5) is 0. The van der Waals surface area contributed by atoms with Crippen LogP contribution in [-0.2, 0) is 4.74 Å². The third kappa shape index (κ3) is 2.09. The molecule has 0 heterocycles. The quantitative estimate of drug-likeness (QED) is 0.808. The van der Waals surface area contributed by atoms with Crippen molar-refractivity contribution < 1.29 is 4.74 Å². The number of ether oxygens (including phenoxy) is 1. The van der Waals surface area contributed by atoms with Crippen LogP contribution >= 0.6 is 0 Å². The highest BCUT2D eigenvalue weighted by Crippen LogP contribution is 2.54. The number of rotatable bonds is 4. The Morgan fingerprint density at radius 1 is 1.18 bits per heavy atom. The van der Waals surface area contributed by atoms with Gasteiger partial charge in [-0.1, -0.05) is 0 Å². The van der Waals surface area contributed by atoms with E-state index in [0.717, 1.165) is 23.7 Å². The largest absolute Gasteiger partial charge is 0.375 e. The molecule has 4 bridgehead atoms. The molecule has 4 rings (SSSR count). The first kappa shape index (κ1) is 11.5. The van der Waals surface area contributed by atoms with Crippen molar-refractivity contribution in [3.05, 3.63) is 0 Å². The summed E-state index contributed by atoms with van der Waals surface area (Å²) in [5.41, 5.74) is 0. The fraction of sp³-hybridized carbons (Fsp3) is 0.929. The van der Waals surface area contributed by atoms with Gasteiger partial charge in [-0.25, -0.2) is 0 Å². The molecule has 3 nitrogen and oxygen atoms in total. The molecule has 0 aromatic heterocycles. The number of nitrogens with one attached hydrogen (secondary N) is 1. The van der Waals surface area contributed by atoms with Crippen LogP contribution in [0, 0.1) is 35.0 Å². The standard InChI is InChI=1S/C14H22N2O/c1-16-13(7-15)8-17-14-11-3-9-2-10(5-11)6-12(14)4-9/h9-14,16H,2-6,8H2,1H3. The van der Waals surface area contributed by atoms with Crippen LogP contribution in [0.4, 0.5) is 0 Å². The number of likely N-dealkylation sites (N-methyl/N-ethyl adjacent to an activating group) is 1. The summed E-state index contributed by atoms with van der Waals surface area (Å²) >= 11 is 0. The van der Waals surface area contributed by atoms with Gasteiger partial charge >= 0.3 is 0 Å². The first-order valence-corrected chi connectivity index (χ1v) is 6.98. The molecule has 4 saturated carbocycles. The van der Waals surface area contributed by atoms with Gasteiger partial charge in [0.15, 0.2) is 0 Å². The lowest BCUT2D eigenvalue weighted by atomic mass is 9.55. The van der Waals surface area contributed by atoms with Gasteiger partial charge in [-0.3, -0.25) is 0 Å². The van der Waals surface area contributed by atoms with Crippen molar-refractivity contribution in [3.63, 3.8) is 0 Å². The van der Waals surface area contributed by atoms with Gasteiger partial charge in [0, 0.05) is 0 Å². The van der Waals surface area contributed by atoms with E-state index in [0.29, 0.717) is 12.7 Å². The van der Waals surface area contributed by atoms with E-state index in [-0.39, 0.29) is 6.04 Å². The average Bonchev–Trinajstić information content (AvgIpc) is 2.32. The van der Waals surface area contributed by atoms with Crippen LogP contribution in [-0.4, -0.2) is 25.8 Å². The van der Waals surface area contributed by atoms with Crippen molar-refractivity contribution in [2.24, 2.45) is 23.7 Å². The minimum Gasteiger partial charge on any atom is -0.375 e. The molecule has 0 amide bonds. The summed E-state index contributed by atoms with van der Waals surface area (Å²) in [6, 6.07) is 2.09. The fourth-order valence-electron chi connectivity index (χ4n) is 4.54. The van der Waals surface area contributed by atoms with Crippen molar-refractivity contribution in [2.75, 3.05) is 13.7 Å². The molecule has 1 unspecified atom stereocenters. The van der Waals surface area contributed by atoms with Gasteiger partial charge in [-0.15, -0.1) is 0 Å². The van der Waals surface area contributed by atoms with E-state index < -0.39 is 0 Å². The van der Waals surface area contributed by atoms with E-state index in [9.17, 15) is 0 Å². The van der Waals surface area contributed by atoms with Gasteiger partial charge in [0.1, 0.15) is 6.04 Å². The van der Waals surface area contributed by atoms with E-state index in [4.69, 9.17) is 10.00 Å². The number of nitrogens with zero attached hydrogens (tertiary/aromatic N) is 1. The van der Waals surface area contributed by atoms with Crippen molar-refractivity contribution in [2.45, 2.75) is 44.2 Å². The minimum absolute atomic E-state index is 0.146. The van der Waals surface area contributed by atoms with Gasteiger partial charge in [-0.05, 0) is 62.8 Å².